The van der Waals surface area contributed by atoms with Crippen molar-refractivity contribution in [1.29, 1.82) is 0 Å². The molecular formula is C25H20BrNO6. The topological polar surface area (TPSA) is 87.0 Å². The second kappa shape index (κ2) is 9.79. The van der Waals surface area contributed by atoms with Gasteiger partial charge in [-0.2, -0.15) is 0 Å². The SMILES string of the molecule is COc1ccc(-c2oc3ccccc3c(=O)c2OCC(=O)Nc2ccc(Br)cc2)cc1OC. The van der Waals surface area contributed by atoms with Crippen molar-refractivity contribution < 1.29 is 23.4 Å². The molecule has 0 bridgehead atoms. The Kier molecular flexibility index (Phi) is 6.65. The molecule has 0 radical (unpaired) electrons. The Morgan fingerprint density at radius 1 is 0.970 bits per heavy atom. The molecule has 8 heteroatoms. The molecule has 0 fully saturated rings. The molecule has 0 atom stereocenters. The molecule has 168 valence electrons. The van der Waals surface area contributed by atoms with Gasteiger partial charge < -0.3 is 23.9 Å². The van der Waals surface area contributed by atoms with Gasteiger partial charge >= 0.3 is 0 Å². The van der Waals surface area contributed by atoms with Gasteiger partial charge in [0.15, 0.2) is 23.9 Å². The van der Waals surface area contributed by atoms with Crippen LogP contribution in [0.3, 0.4) is 0 Å². The van der Waals surface area contributed by atoms with Gasteiger partial charge in [0.2, 0.25) is 11.2 Å². The molecule has 33 heavy (non-hydrogen) atoms. The number of fused-ring (bicyclic) bond motifs is 1. The van der Waals surface area contributed by atoms with Crippen molar-refractivity contribution in [3.63, 3.8) is 0 Å². The lowest BCUT2D eigenvalue weighted by molar-refractivity contribution is -0.118. The number of methoxy groups -OCH3 is 2. The highest BCUT2D eigenvalue weighted by molar-refractivity contribution is 9.10. The molecule has 4 rings (SSSR count). The smallest absolute Gasteiger partial charge is 0.262 e. The maximum absolute atomic E-state index is 13.2. The molecule has 1 amide bonds. The summed E-state index contributed by atoms with van der Waals surface area (Å²) < 4.78 is 23.3. The quantitative estimate of drug-likeness (QED) is 0.365. The lowest BCUT2D eigenvalue weighted by Gasteiger charge is -2.13. The monoisotopic (exact) mass is 509 g/mol. The number of carbonyl (C=O) groups is 1. The predicted octanol–water partition coefficient (Wildman–Crippen LogP) is 5.26. The lowest BCUT2D eigenvalue weighted by atomic mass is 10.1. The number of ether oxygens (including phenoxy) is 3. The zero-order chi connectivity index (χ0) is 23.4. The summed E-state index contributed by atoms with van der Waals surface area (Å²) >= 11 is 3.35. The van der Waals surface area contributed by atoms with Gasteiger partial charge in [0, 0.05) is 15.7 Å². The molecule has 4 aromatic rings. The number of amides is 1. The Morgan fingerprint density at radius 3 is 2.42 bits per heavy atom. The van der Waals surface area contributed by atoms with E-state index in [0.717, 1.165) is 4.47 Å². The Labute approximate surface area is 198 Å². The van der Waals surface area contributed by atoms with Crippen LogP contribution in [-0.4, -0.2) is 26.7 Å². The molecular weight excluding hydrogens is 490 g/mol. The average molecular weight is 510 g/mol. The highest BCUT2D eigenvalue weighted by Gasteiger charge is 2.20. The van der Waals surface area contributed by atoms with E-state index in [1.54, 1.807) is 54.6 Å². The molecule has 1 aromatic heterocycles. The largest absolute Gasteiger partial charge is 0.493 e. The first-order valence-corrected chi connectivity index (χ1v) is 10.8. The summed E-state index contributed by atoms with van der Waals surface area (Å²) in [5, 5.41) is 3.09. The molecule has 0 saturated heterocycles. The highest BCUT2D eigenvalue weighted by atomic mass is 79.9. The molecule has 3 aromatic carbocycles. The average Bonchev–Trinajstić information content (AvgIpc) is 2.84. The zero-order valence-corrected chi connectivity index (χ0v) is 19.5. The van der Waals surface area contributed by atoms with Crippen molar-refractivity contribution >= 4 is 38.5 Å². The molecule has 0 aliphatic carbocycles. The fourth-order valence-corrected chi connectivity index (χ4v) is 3.56. The van der Waals surface area contributed by atoms with Gasteiger partial charge in [-0.15, -0.1) is 0 Å². The Balaban J connectivity index is 1.70. The van der Waals surface area contributed by atoms with E-state index in [1.165, 1.54) is 14.2 Å². The molecule has 7 nitrogen and oxygen atoms in total. The van der Waals surface area contributed by atoms with Crippen molar-refractivity contribution in [2.75, 3.05) is 26.1 Å². The number of nitrogens with one attached hydrogen (secondary N) is 1. The van der Waals surface area contributed by atoms with E-state index in [2.05, 4.69) is 21.2 Å². The third-order valence-electron chi connectivity index (χ3n) is 4.88. The number of para-hydroxylation sites is 1. The molecule has 0 unspecified atom stereocenters. The fourth-order valence-electron chi connectivity index (χ4n) is 3.29. The Bertz CT molecular complexity index is 1360. The number of halogens is 1. The van der Waals surface area contributed by atoms with Crippen molar-refractivity contribution in [2.45, 2.75) is 0 Å². The molecule has 1 N–H and O–H groups in total. The van der Waals surface area contributed by atoms with Gasteiger partial charge in [-0.05, 0) is 54.6 Å². The van der Waals surface area contributed by atoms with Crippen LogP contribution in [0, 0.1) is 0 Å². The normalized spacial score (nSPS) is 10.6. The first-order chi connectivity index (χ1) is 16.0. The van der Waals surface area contributed by atoms with E-state index >= 15 is 0 Å². The summed E-state index contributed by atoms with van der Waals surface area (Å²) in [4.78, 5) is 25.7. The summed E-state index contributed by atoms with van der Waals surface area (Å²) in [5.41, 5.74) is 1.17. The van der Waals surface area contributed by atoms with Crippen LogP contribution in [0.15, 0.2) is 80.4 Å². The summed E-state index contributed by atoms with van der Waals surface area (Å²) in [7, 11) is 3.05. The van der Waals surface area contributed by atoms with Crippen LogP contribution < -0.4 is 25.0 Å². The number of anilines is 1. The summed E-state index contributed by atoms with van der Waals surface area (Å²) in [6, 6.07) is 19.1. The fraction of sp³-hybridized carbons (Fsp3) is 0.120. The minimum absolute atomic E-state index is 0.0631. The van der Waals surface area contributed by atoms with Gasteiger partial charge in [0.25, 0.3) is 5.91 Å². The summed E-state index contributed by atoms with van der Waals surface area (Å²) in [5.74, 6) is 0.705. The van der Waals surface area contributed by atoms with Crippen LogP contribution >= 0.6 is 15.9 Å². The molecule has 0 spiro atoms. The zero-order valence-electron chi connectivity index (χ0n) is 17.9. The van der Waals surface area contributed by atoms with E-state index in [4.69, 9.17) is 18.6 Å². The molecule has 0 aliphatic rings. The van der Waals surface area contributed by atoms with E-state index in [0.29, 0.717) is 33.7 Å². The lowest BCUT2D eigenvalue weighted by Crippen LogP contribution is -2.22. The first-order valence-electron chi connectivity index (χ1n) is 9.96. The van der Waals surface area contributed by atoms with Crippen molar-refractivity contribution in [3.05, 3.63) is 81.4 Å². The minimum Gasteiger partial charge on any atom is -0.493 e. The third-order valence-corrected chi connectivity index (χ3v) is 5.41. The van der Waals surface area contributed by atoms with Gasteiger partial charge in [-0.1, -0.05) is 28.1 Å². The summed E-state index contributed by atoms with van der Waals surface area (Å²) in [6.45, 7) is -0.376. The Morgan fingerprint density at radius 2 is 1.70 bits per heavy atom. The Hall–Kier alpha value is -3.78. The van der Waals surface area contributed by atoms with Crippen LogP contribution in [0.2, 0.25) is 0 Å². The number of rotatable bonds is 7. The highest BCUT2D eigenvalue weighted by Crippen LogP contribution is 2.36. The molecule has 0 aliphatic heterocycles. The second-order valence-corrected chi connectivity index (χ2v) is 7.91. The van der Waals surface area contributed by atoms with Gasteiger partial charge in [0.1, 0.15) is 5.58 Å². The van der Waals surface area contributed by atoms with E-state index in [9.17, 15) is 9.59 Å². The van der Waals surface area contributed by atoms with Crippen LogP contribution in [0.1, 0.15) is 0 Å². The first kappa shape index (κ1) is 22.4. The number of benzene rings is 3. The maximum Gasteiger partial charge on any atom is 0.262 e. The van der Waals surface area contributed by atoms with Crippen LogP contribution in [-0.2, 0) is 4.79 Å². The van der Waals surface area contributed by atoms with Gasteiger partial charge in [-0.3, -0.25) is 9.59 Å². The minimum atomic E-state index is -0.414. The third kappa shape index (κ3) is 4.85. The van der Waals surface area contributed by atoms with Crippen LogP contribution in [0.5, 0.6) is 17.2 Å². The van der Waals surface area contributed by atoms with E-state index in [1.807, 2.05) is 12.1 Å². The van der Waals surface area contributed by atoms with Crippen molar-refractivity contribution in [2.24, 2.45) is 0 Å². The second-order valence-electron chi connectivity index (χ2n) is 7.00. The number of hydrogen-bond donors (Lipinski definition) is 1. The van der Waals surface area contributed by atoms with E-state index in [-0.39, 0.29) is 23.5 Å². The van der Waals surface area contributed by atoms with Gasteiger partial charge in [-0.25, -0.2) is 0 Å². The van der Waals surface area contributed by atoms with Gasteiger partial charge in [0.05, 0.1) is 19.6 Å². The summed E-state index contributed by atoms with van der Waals surface area (Å²) in [6.07, 6.45) is 0. The number of hydrogen-bond acceptors (Lipinski definition) is 6. The standard InChI is InChI=1S/C25H20BrNO6/c1-30-20-12-7-15(13-21(20)31-2)24-25(23(29)18-5-3-4-6-19(18)33-24)32-14-22(28)27-17-10-8-16(26)9-11-17/h3-13H,14H2,1-2H3,(H,27,28). The predicted molar refractivity (Wildman–Crippen MR) is 129 cm³/mol. The van der Waals surface area contributed by atoms with Crippen molar-refractivity contribution in [3.8, 4) is 28.6 Å². The maximum atomic E-state index is 13.2. The molecule has 1 heterocycles. The van der Waals surface area contributed by atoms with Crippen molar-refractivity contribution in [1.82, 2.24) is 0 Å². The number of carbonyl (C=O) groups excluding carboxylic acids is 1. The van der Waals surface area contributed by atoms with Crippen LogP contribution in [0.4, 0.5) is 5.69 Å². The van der Waals surface area contributed by atoms with Crippen LogP contribution in [0.25, 0.3) is 22.3 Å². The van der Waals surface area contributed by atoms with E-state index < -0.39 is 5.91 Å². The molecule has 0 saturated carbocycles.